The van der Waals surface area contributed by atoms with Crippen molar-refractivity contribution in [1.29, 1.82) is 0 Å². The maximum absolute atomic E-state index is 10.3. The first-order valence-corrected chi connectivity index (χ1v) is 8.62. The van der Waals surface area contributed by atoms with Crippen molar-refractivity contribution in [3.8, 4) is 0 Å². The molecule has 108 valence electrons. The molecule has 0 bridgehead atoms. The minimum atomic E-state index is 0.546. The van der Waals surface area contributed by atoms with Gasteiger partial charge in [0.05, 0.1) is 12.2 Å². The van der Waals surface area contributed by atoms with E-state index in [-0.39, 0.29) is 0 Å². The highest BCUT2D eigenvalue weighted by Gasteiger charge is 2.28. The van der Waals surface area contributed by atoms with Gasteiger partial charge in [0.2, 0.25) is 5.04 Å². The Labute approximate surface area is 122 Å². The Morgan fingerprint density at radius 3 is 2.79 bits per heavy atom. The van der Waals surface area contributed by atoms with Crippen LogP contribution in [0.2, 0.25) is 0 Å². The van der Waals surface area contributed by atoms with E-state index in [1.54, 1.807) is 0 Å². The first-order valence-electron chi connectivity index (χ1n) is 7.63. The summed E-state index contributed by atoms with van der Waals surface area (Å²) in [6.45, 7) is 5.78. The van der Waals surface area contributed by atoms with Crippen LogP contribution in [0, 0.1) is 0 Å². The summed E-state index contributed by atoms with van der Waals surface area (Å²) in [5, 5.41) is 1.49. The molecule has 0 N–H and O–H groups in total. The lowest BCUT2D eigenvalue weighted by Crippen LogP contribution is -2.24. The third-order valence-corrected chi connectivity index (χ3v) is 4.92. The SMILES string of the molecule is CCCCCCC[N+]1=C(CC=CCC=O)SCC1C. The minimum absolute atomic E-state index is 0.546. The van der Waals surface area contributed by atoms with Crippen LogP contribution in [0.25, 0.3) is 0 Å². The number of nitrogens with zero attached hydrogens (tertiary/aromatic N) is 1. The van der Waals surface area contributed by atoms with Crippen LogP contribution in [0.4, 0.5) is 0 Å². The van der Waals surface area contributed by atoms with Crippen molar-refractivity contribution < 1.29 is 9.37 Å². The Morgan fingerprint density at radius 2 is 2.05 bits per heavy atom. The van der Waals surface area contributed by atoms with Crippen molar-refractivity contribution in [1.82, 2.24) is 0 Å². The van der Waals surface area contributed by atoms with Crippen molar-refractivity contribution in [3.63, 3.8) is 0 Å². The fraction of sp³-hybridized carbons (Fsp3) is 0.750. The maximum Gasteiger partial charge on any atom is 0.214 e. The molecule has 0 fully saturated rings. The summed E-state index contributed by atoms with van der Waals surface area (Å²) >= 11 is 1.99. The zero-order chi connectivity index (χ0) is 13.9. The normalized spacial score (nSPS) is 19.6. The molecule has 19 heavy (non-hydrogen) atoms. The lowest BCUT2D eigenvalue weighted by molar-refractivity contribution is -0.553. The number of unbranched alkanes of at least 4 members (excludes halogenated alkanes) is 4. The van der Waals surface area contributed by atoms with Gasteiger partial charge in [-0.2, -0.15) is 0 Å². The molecule has 1 aliphatic rings. The third-order valence-electron chi connectivity index (χ3n) is 3.54. The Balaban J connectivity index is 2.37. The summed E-state index contributed by atoms with van der Waals surface area (Å²) in [6.07, 6.45) is 13.3. The molecule has 1 rings (SSSR count). The first-order chi connectivity index (χ1) is 9.29. The van der Waals surface area contributed by atoms with Gasteiger partial charge in [-0.15, -0.1) is 0 Å². The van der Waals surface area contributed by atoms with Crippen LogP contribution < -0.4 is 0 Å². The second-order valence-electron chi connectivity index (χ2n) is 5.24. The van der Waals surface area contributed by atoms with Crippen LogP contribution in [0.3, 0.4) is 0 Å². The summed E-state index contributed by atoms with van der Waals surface area (Å²) in [7, 11) is 0. The standard InChI is InChI=1S/C16H28NOS/c1-3-4-5-6-9-12-17-15(2)14-19-16(17)11-8-7-10-13-18/h7-8,13,15H,3-6,9-12,14H2,1-2H3/q+1. The number of hydrogen-bond acceptors (Lipinski definition) is 2. The van der Waals surface area contributed by atoms with E-state index >= 15 is 0 Å². The van der Waals surface area contributed by atoms with Gasteiger partial charge >= 0.3 is 0 Å². The average molecular weight is 282 g/mol. The Bertz CT molecular complexity index is 323. The molecule has 2 nitrogen and oxygen atoms in total. The molecule has 0 saturated carbocycles. The van der Waals surface area contributed by atoms with Crippen LogP contribution in [-0.2, 0) is 4.79 Å². The number of rotatable bonds is 10. The fourth-order valence-electron chi connectivity index (χ4n) is 2.38. The maximum atomic E-state index is 10.3. The molecule has 1 heterocycles. The molecular weight excluding hydrogens is 254 g/mol. The molecule has 1 unspecified atom stereocenters. The molecule has 1 aliphatic heterocycles. The average Bonchev–Trinajstić information content (AvgIpc) is 2.76. The van der Waals surface area contributed by atoms with Crippen LogP contribution in [0.15, 0.2) is 12.2 Å². The first kappa shape index (κ1) is 16.5. The van der Waals surface area contributed by atoms with E-state index < -0.39 is 0 Å². The van der Waals surface area contributed by atoms with E-state index in [2.05, 4.69) is 24.5 Å². The van der Waals surface area contributed by atoms with E-state index in [4.69, 9.17) is 0 Å². The van der Waals surface area contributed by atoms with E-state index in [1.165, 1.54) is 49.4 Å². The second kappa shape index (κ2) is 10.2. The molecule has 0 amide bonds. The molecule has 0 spiro atoms. The van der Waals surface area contributed by atoms with E-state index in [9.17, 15) is 4.79 Å². The van der Waals surface area contributed by atoms with Crippen molar-refractivity contribution in [2.45, 2.75) is 64.8 Å². The lowest BCUT2D eigenvalue weighted by Gasteiger charge is -2.06. The summed E-state index contributed by atoms with van der Waals surface area (Å²) in [5.74, 6) is 1.21. The molecule has 0 aromatic carbocycles. The summed E-state index contributed by atoms with van der Waals surface area (Å²) in [4.78, 5) is 10.3. The molecule has 1 atom stereocenters. The molecule has 0 aromatic heterocycles. The number of hydrogen-bond donors (Lipinski definition) is 0. The number of carbonyl (C=O) groups excluding carboxylic acids is 1. The largest absolute Gasteiger partial charge is 0.303 e. The Kier molecular flexibility index (Phi) is 8.89. The van der Waals surface area contributed by atoms with Crippen LogP contribution in [0.1, 0.15) is 58.8 Å². The monoisotopic (exact) mass is 282 g/mol. The second-order valence-corrected chi connectivity index (χ2v) is 6.33. The van der Waals surface area contributed by atoms with Gasteiger partial charge in [0, 0.05) is 12.8 Å². The number of aldehydes is 1. The molecule has 0 aliphatic carbocycles. The fourth-order valence-corrected chi connectivity index (χ4v) is 3.64. The highest BCUT2D eigenvalue weighted by atomic mass is 32.2. The van der Waals surface area contributed by atoms with Crippen LogP contribution in [-0.4, -0.2) is 34.2 Å². The predicted octanol–water partition coefficient (Wildman–Crippen LogP) is 4.04. The zero-order valence-electron chi connectivity index (χ0n) is 12.4. The Morgan fingerprint density at radius 1 is 1.26 bits per heavy atom. The molecule has 3 heteroatoms. The van der Waals surface area contributed by atoms with Gasteiger partial charge in [0.25, 0.3) is 0 Å². The molecule has 0 aromatic rings. The Hall–Kier alpha value is -0.570. The smallest absolute Gasteiger partial charge is 0.214 e. The number of carbonyl (C=O) groups is 1. The van der Waals surface area contributed by atoms with Crippen LogP contribution in [0.5, 0.6) is 0 Å². The highest BCUT2D eigenvalue weighted by molar-refractivity contribution is 8.13. The van der Waals surface area contributed by atoms with Gasteiger partial charge in [0.1, 0.15) is 12.8 Å². The van der Waals surface area contributed by atoms with Gasteiger partial charge in [-0.25, -0.2) is 4.58 Å². The highest BCUT2D eigenvalue weighted by Crippen LogP contribution is 2.21. The third kappa shape index (κ3) is 6.42. The number of allylic oxidation sites excluding steroid dienone is 2. The lowest BCUT2D eigenvalue weighted by atomic mass is 10.1. The van der Waals surface area contributed by atoms with E-state index in [0.717, 1.165) is 12.7 Å². The van der Waals surface area contributed by atoms with E-state index in [0.29, 0.717) is 12.5 Å². The minimum Gasteiger partial charge on any atom is -0.303 e. The van der Waals surface area contributed by atoms with Crippen molar-refractivity contribution in [3.05, 3.63) is 12.2 Å². The summed E-state index contributed by atoms with van der Waals surface area (Å²) < 4.78 is 2.57. The quantitative estimate of drug-likeness (QED) is 0.261. The summed E-state index contributed by atoms with van der Waals surface area (Å²) in [6, 6.07) is 0.672. The van der Waals surface area contributed by atoms with Crippen LogP contribution >= 0.6 is 11.8 Å². The molecule has 0 radical (unpaired) electrons. The van der Waals surface area contributed by atoms with Crippen molar-refractivity contribution in [2.24, 2.45) is 0 Å². The van der Waals surface area contributed by atoms with Gasteiger partial charge in [-0.05, 0) is 13.3 Å². The molecular formula is C16H28NOS+. The van der Waals surface area contributed by atoms with Gasteiger partial charge in [0.15, 0.2) is 6.04 Å². The summed E-state index contributed by atoms with van der Waals surface area (Å²) in [5.41, 5.74) is 0. The van der Waals surface area contributed by atoms with Crippen molar-refractivity contribution >= 4 is 23.1 Å². The van der Waals surface area contributed by atoms with E-state index in [1.807, 2.05) is 17.8 Å². The molecule has 0 saturated heterocycles. The van der Waals surface area contributed by atoms with Gasteiger partial charge in [-0.3, -0.25) is 0 Å². The number of thioether (sulfide) groups is 1. The topological polar surface area (TPSA) is 20.1 Å². The van der Waals surface area contributed by atoms with Gasteiger partial charge < -0.3 is 4.79 Å². The zero-order valence-corrected chi connectivity index (χ0v) is 13.3. The van der Waals surface area contributed by atoms with Crippen molar-refractivity contribution in [2.75, 3.05) is 12.3 Å². The predicted molar refractivity (Wildman–Crippen MR) is 85.3 cm³/mol. The van der Waals surface area contributed by atoms with Gasteiger partial charge in [-0.1, -0.05) is 50.1 Å².